The molecule has 0 unspecified atom stereocenters. The number of nitrogens with one attached hydrogen (secondary N) is 2. The second kappa shape index (κ2) is 10.2. The van der Waals surface area contributed by atoms with Crippen LogP contribution >= 0.6 is 12.2 Å². The van der Waals surface area contributed by atoms with E-state index in [2.05, 4.69) is 75.6 Å². The molecule has 1 aliphatic heterocycles. The van der Waals surface area contributed by atoms with Crippen LogP contribution in [0.1, 0.15) is 47.2 Å². The third-order valence-electron chi connectivity index (χ3n) is 6.95. The Morgan fingerprint density at radius 3 is 2.39 bits per heavy atom. The van der Waals surface area contributed by atoms with Crippen LogP contribution in [0.3, 0.4) is 0 Å². The first-order valence-corrected chi connectivity index (χ1v) is 14.8. The number of hydrogen-bond acceptors (Lipinski definition) is 4. The van der Waals surface area contributed by atoms with Gasteiger partial charge < -0.3 is 14.8 Å². The molecule has 2 atom stereocenters. The van der Waals surface area contributed by atoms with E-state index in [4.69, 9.17) is 12.2 Å². The summed E-state index contributed by atoms with van der Waals surface area (Å²) in [6.07, 6.45) is 3.88. The number of pyridine rings is 1. The minimum absolute atomic E-state index is 0.167. The second-order valence-electron chi connectivity index (χ2n) is 9.56. The Labute approximate surface area is 229 Å². The molecule has 1 saturated heterocycles. The highest BCUT2D eigenvalue weighted by atomic mass is 32.2. The average Bonchev–Trinajstić information content (AvgIpc) is 3.39. The molecule has 196 valence electrons. The highest BCUT2D eigenvalue weighted by Crippen LogP contribution is 2.44. The van der Waals surface area contributed by atoms with E-state index in [9.17, 15) is 8.42 Å². The standard InChI is InChI=1S/C29H31N5O2S2/c1-5-21-10-6-7-12-26(21)33-19(2)18-24(20(33)3)28-27(25-11-8-9-17-30-25)31-29(37)34(28)23-15-13-22(14-16-23)32-38(4,35)36/h6-18,27-28,32H,5H2,1-4H3,(H,31,37)/t27-,28+/m0/s1. The van der Waals surface area contributed by atoms with Crippen molar-refractivity contribution in [3.63, 3.8) is 0 Å². The molecule has 3 heterocycles. The minimum Gasteiger partial charge on any atom is -0.351 e. The molecule has 4 aromatic rings. The Balaban J connectivity index is 1.64. The minimum atomic E-state index is -3.37. The number of anilines is 2. The van der Waals surface area contributed by atoms with Gasteiger partial charge in [-0.05, 0) is 92.1 Å². The Morgan fingerprint density at radius 1 is 1.03 bits per heavy atom. The van der Waals surface area contributed by atoms with Crippen molar-refractivity contribution in [2.45, 2.75) is 39.3 Å². The van der Waals surface area contributed by atoms with E-state index in [1.165, 1.54) is 11.3 Å². The zero-order valence-corrected chi connectivity index (χ0v) is 23.5. The van der Waals surface area contributed by atoms with Crippen molar-refractivity contribution in [2.75, 3.05) is 15.9 Å². The number of sulfonamides is 1. The molecule has 2 N–H and O–H groups in total. The van der Waals surface area contributed by atoms with Gasteiger partial charge in [0.1, 0.15) is 0 Å². The van der Waals surface area contributed by atoms with Crippen molar-refractivity contribution in [3.8, 4) is 5.69 Å². The van der Waals surface area contributed by atoms with Crippen LogP contribution < -0.4 is 14.9 Å². The molecule has 38 heavy (non-hydrogen) atoms. The van der Waals surface area contributed by atoms with Gasteiger partial charge in [-0.2, -0.15) is 0 Å². The fraction of sp³-hybridized carbons (Fsp3) is 0.241. The summed E-state index contributed by atoms with van der Waals surface area (Å²) >= 11 is 5.88. The Kier molecular flexibility index (Phi) is 6.98. The summed E-state index contributed by atoms with van der Waals surface area (Å²) in [7, 11) is -3.37. The van der Waals surface area contributed by atoms with Gasteiger partial charge in [0.2, 0.25) is 10.0 Å². The molecule has 0 saturated carbocycles. The highest BCUT2D eigenvalue weighted by molar-refractivity contribution is 7.92. The zero-order chi connectivity index (χ0) is 27.0. The maximum absolute atomic E-state index is 11.7. The summed E-state index contributed by atoms with van der Waals surface area (Å²) in [6, 6.07) is 23.6. The molecule has 0 spiro atoms. The molecule has 2 aromatic heterocycles. The van der Waals surface area contributed by atoms with Gasteiger partial charge in [-0.1, -0.05) is 31.2 Å². The van der Waals surface area contributed by atoms with E-state index >= 15 is 0 Å². The Hall–Kier alpha value is -3.69. The summed E-state index contributed by atoms with van der Waals surface area (Å²) in [5.41, 5.74) is 8.16. The third kappa shape index (κ3) is 4.91. The van der Waals surface area contributed by atoms with Crippen LogP contribution in [-0.2, 0) is 16.4 Å². The van der Waals surface area contributed by atoms with Gasteiger partial charge in [0.15, 0.2) is 5.11 Å². The molecule has 0 aliphatic carbocycles. The predicted molar refractivity (Wildman–Crippen MR) is 157 cm³/mol. The lowest BCUT2D eigenvalue weighted by Gasteiger charge is -2.28. The SMILES string of the molecule is CCc1ccccc1-n1c(C)cc([C@@H]2[C@H](c3ccccn3)NC(=S)N2c2ccc(NS(C)(=O)=O)cc2)c1C. The summed E-state index contributed by atoms with van der Waals surface area (Å²) in [5.74, 6) is 0. The first-order chi connectivity index (χ1) is 18.2. The lowest BCUT2D eigenvalue weighted by Crippen LogP contribution is -2.29. The van der Waals surface area contributed by atoms with Crippen LogP contribution in [0.5, 0.6) is 0 Å². The number of aromatic nitrogens is 2. The number of aryl methyl sites for hydroxylation is 2. The van der Waals surface area contributed by atoms with Crippen molar-refractivity contribution in [3.05, 3.63) is 107 Å². The van der Waals surface area contributed by atoms with Gasteiger partial charge in [0.25, 0.3) is 0 Å². The van der Waals surface area contributed by atoms with Crippen molar-refractivity contribution < 1.29 is 8.42 Å². The van der Waals surface area contributed by atoms with Gasteiger partial charge in [-0.3, -0.25) is 9.71 Å². The first-order valence-electron chi connectivity index (χ1n) is 12.5. The number of nitrogens with zero attached hydrogens (tertiary/aromatic N) is 3. The van der Waals surface area contributed by atoms with Crippen LogP contribution in [0.25, 0.3) is 5.69 Å². The zero-order valence-electron chi connectivity index (χ0n) is 21.8. The maximum Gasteiger partial charge on any atom is 0.229 e. The molecule has 7 nitrogen and oxygen atoms in total. The number of para-hydroxylation sites is 1. The van der Waals surface area contributed by atoms with Gasteiger partial charge in [-0.15, -0.1) is 0 Å². The molecular formula is C29H31N5O2S2. The highest BCUT2D eigenvalue weighted by Gasteiger charge is 2.42. The van der Waals surface area contributed by atoms with Crippen LogP contribution in [0, 0.1) is 13.8 Å². The van der Waals surface area contributed by atoms with Gasteiger partial charge in [0, 0.05) is 34.6 Å². The van der Waals surface area contributed by atoms with E-state index in [1.807, 2.05) is 30.3 Å². The van der Waals surface area contributed by atoms with E-state index < -0.39 is 10.0 Å². The average molecular weight is 546 g/mol. The summed E-state index contributed by atoms with van der Waals surface area (Å²) in [4.78, 5) is 6.77. The van der Waals surface area contributed by atoms with Crippen LogP contribution in [0.4, 0.5) is 11.4 Å². The van der Waals surface area contributed by atoms with E-state index in [-0.39, 0.29) is 12.1 Å². The van der Waals surface area contributed by atoms with E-state index in [0.29, 0.717) is 10.8 Å². The number of rotatable bonds is 7. The normalized spacial score (nSPS) is 17.5. The van der Waals surface area contributed by atoms with Crippen molar-refractivity contribution in [2.24, 2.45) is 0 Å². The van der Waals surface area contributed by atoms with Crippen molar-refractivity contribution in [1.82, 2.24) is 14.9 Å². The number of thiocarbonyl (C=S) groups is 1. The number of benzene rings is 2. The fourth-order valence-electron chi connectivity index (χ4n) is 5.34. The number of hydrogen-bond donors (Lipinski definition) is 2. The Bertz CT molecular complexity index is 1580. The molecule has 1 aliphatic rings. The molecule has 2 aromatic carbocycles. The molecule has 0 bridgehead atoms. The van der Waals surface area contributed by atoms with Crippen LogP contribution in [0.2, 0.25) is 0 Å². The van der Waals surface area contributed by atoms with Gasteiger partial charge in [-0.25, -0.2) is 8.42 Å². The maximum atomic E-state index is 11.7. The van der Waals surface area contributed by atoms with Gasteiger partial charge >= 0.3 is 0 Å². The molecule has 0 amide bonds. The lowest BCUT2D eigenvalue weighted by atomic mass is 9.96. The summed E-state index contributed by atoms with van der Waals surface area (Å²) in [5, 5.41) is 4.10. The smallest absolute Gasteiger partial charge is 0.229 e. The van der Waals surface area contributed by atoms with E-state index in [0.717, 1.165) is 41.0 Å². The second-order valence-corrected chi connectivity index (χ2v) is 11.7. The summed E-state index contributed by atoms with van der Waals surface area (Å²) < 4.78 is 28.3. The van der Waals surface area contributed by atoms with E-state index in [1.54, 1.807) is 18.3 Å². The Morgan fingerprint density at radius 2 is 1.74 bits per heavy atom. The monoisotopic (exact) mass is 545 g/mol. The lowest BCUT2D eigenvalue weighted by molar-refractivity contribution is 0.565. The predicted octanol–water partition coefficient (Wildman–Crippen LogP) is 5.60. The molecule has 0 radical (unpaired) electrons. The topological polar surface area (TPSA) is 79.3 Å². The van der Waals surface area contributed by atoms with Crippen LogP contribution in [-0.4, -0.2) is 29.3 Å². The molecule has 1 fully saturated rings. The van der Waals surface area contributed by atoms with Crippen molar-refractivity contribution in [1.29, 1.82) is 0 Å². The fourth-order valence-corrected chi connectivity index (χ4v) is 6.25. The van der Waals surface area contributed by atoms with Crippen molar-refractivity contribution >= 4 is 38.7 Å². The van der Waals surface area contributed by atoms with Crippen LogP contribution in [0.15, 0.2) is 79.0 Å². The quantitative estimate of drug-likeness (QED) is 0.294. The molecular weight excluding hydrogens is 514 g/mol. The summed E-state index contributed by atoms with van der Waals surface area (Å²) in [6.45, 7) is 6.46. The first kappa shape index (κ1) is 25.9. The molecule has 9 heteroatoms. The molecule has 5 rings (SSSR count). The third-order valence-corrected chi connectivity index (χ3v) is 7.87. The van der Waals surface area contributed by atoms with Gasteiger partial charge in [0.05, 0.1) is 24.0 Å². The largest absolute Gasteiger partial charge is 0.351 e.